The number of carboxylic acid groups (broad SMARTS) is 1. The van der Waals surface area contributed by atoms with Gasteiger partial charge in [-0.15, -0.1) is 0 Å². The molecule has 1 aliphatic rings. The Morgan fingerprint density at radius 1 is 1.59 bits per heavy atom. The highest BCUT2D eigenvalue weighted by molar-refractivity contribution is 5.69. The van der Waals surface area contributed by atoms with Crippen molar-refractivity contribution >= 4 is 5.97 Å². The van der Waals surface area contributed by atoms with Crippen LogP contribution in [0, 0.1) is 5.92 Å². The molecule has 1 aromatic heterocycles. The first-order valence-electron chi connectivity index (χ1n) is 5.80. The summed E-state index contributed by atoms with van der Waals surface area (Å²) in [5, 5.41) is 8.73. The van der Waals surface area contributed by atoms with Gasteiger partial charge in [0.2, 0.25) is 0 Å². The molecule has 0 spiro atoms. The van der Waals surface area contributed by atoms with Gasteiger partial charge in [0.25, 0.3) is 5.56 Å². The van der Waals surface area contributed by atoms with E-state index in [2.05, 4.69) is 11.9 Å². The first kappa shape index (κ1) is 11.8. The zero-order valence-electron chi connectivity index (χ0n) is 10.0. The van der Waals surface area contributed by atoms with Crippen LogP contribution in [0.4, 0.5) is 0 Å². The second kappa shape index (κ2) is 4.31. The van der Waals surface area contributed by atoms with Gasteiger partial charge < -0.3 is 5.11 Å². The molecule has 2 unspecified atom stereocenters. The number of hydrogen-bond donors (Lipinski definition) is 1. The Hall–Kier alpha value is -1.65. The third-order valence-corrected chi connectivity index (χ3v) is 3.20. The molecule has 0 saturated heterocycles. The molecule has 2 rings (SSSR count). The Kier molecular flexibility index (Phi) is 3.00. The predicted molar refractivity (Wildman–Crippen MR) is 62.0 cm³/mol. The highest BCUT2D eigenvalue weighted by atomic mass is 16.4. The van der Waals surface area contributed by atoms with Crippen molar-refractivity contribution in [2.45, 2.75) is 39.2 Å². The zero-order chi connectivity index (χ0) is 12.6. The van der Waals surface area contributed by atoms with Crippen LogP contribution in [-0.2, 0) is 17.6 Å². The maximum atomic E-state index is 12.1. The minimum Gasteiger partial charge on any atom is -0.481 e. The third kappa shape index (κ3) is 2.23. The van der Waals surface area contributed by atoms with Gasteiger partial charge in [0.15, 0.2) is 0 Å². The summed E-state index contributed by atoms with van der Waals surface area (Å²) in [4.78, 5) is 27.0. The average molecular weight is 236 g/mol. The van der Waals surface area contributed by atoms with Crippen LogP contribution >= 0.6 is 0 Å². The number of hydrogen-bond acceptors (Lipinski definition) is 3. The minimum absolute atomic E-state index is 0.0995. The van der Waals surface area contributed by atoms with E-state index in [0.717, 1.165) is 18.7 Å². The second-order valence-corrected chi connectivity index (χ2v) is 4.84. The summed E-state index contributed by atoms with van der Waals surface area (Å²) < 4.78 is 1.65. The normalized spacial score (nSPS) is 23.2. The van der Waals surface area contributed by atoms with Crippen molar-refractivity contribution in [3.63, 3.8) is 0 Å². The fourth-order valence-corrected chi connectivity index (χ4v) is 2.51. The van der Waals surface area contributed by atoms with Crippen molar-refractivity contribution in [3.8, 4) is 0 Å². The van der Waals surface area contributed by atoms with Gasteiger partial charge in [-0.3, -0.25) is 14.2 Å². The van der Waals surface area contributed by atoms with E-state index in [1.54, 1.807) is 4.57 Å². The van der Waals surface area contributed by atoms with Crippen molar-refractivity contribution in [2.24, 2.45) is 5.92 Å². The third-order valence-electron chi connectivity index (χ3n) is 3.20. The van der Waals surface area contributed by atoms with E-state index in [4.69, 9.17) is 5.11 Å². The number of carboxylic acids is 1. The molecule has 0 bridgehead atoms. The molecule has 2 atom stereocenters. The van der Waals surface area contributed by atoms with Crippen LogP contribution in [0.2, 0.25) is 0 Å². The van der Waals surface area contributed by atoms with Crippen LogP contribution in [-0.4, -0.2) is 20.6 Å². The number of carbonyl (C=O) groups is 1. The molecular formula is C12H16N2O3. The zero-order valence-corrected chi connectivity index (χ0v) is 10.0. The molecule has 0 fully saturated rings. The Morgan fingerprint density at radius 3 is 2.94 bits per heavy atom. The number of fused-ring (bicyclic) bond motifs is 1. The van der Waals surface area contributed by atoms with E-state index < -0.39 is 5.97 Å². The molecule has 0 radical (unpaired) electrons. The first-order valence-corrected chi connectivity index (χ1v) is 5.80. The minimum atomic E-state index is -0.999. The lowest BCUT2D eigenvalue weighted by molar-refractivity contribution is -0.136. The van der Waals surface area contributed by atoms with Crippen LogP contribution < -0.4 is 5.56 Å². The number of rotatable bonds is 2. The summed E-state index contributed by atoms with van der Waals surface area (Å²) in [7, 11) is 0. The summed E-state index contributed by atoms with van der Waals surface area (Å²) in [5.41, 5.74) is 0.0689. The van der Waals surface area contributed by atoms with Crippen molar-refractivity contribution in [1.29, 1.82) is 0 Å². The molecule has 0 amide bonds. The summed E-state index contributed by atoms with van der Waals surface area (Å²) in [6, 6.07) is 0.0995. The van der Waals surface area contributed by atoms with Crippen molar-refractivity contribution in [2.75, 3.05) is 0 Å². The average Bonchev–Trinajstić information content (AvgIpc) is 2.20. The van der Waals surface area contributed by atoms with E-state index in [-0.39, 0.29) is 23.6 Å². The highest BCUT2D eigenvalue weighted by Gasteiger charge is 2.24. The quantitative estimate of drug-likeness (QED) is 0.832. The van der Waals surface area contributed by atoms with Crippen LogP contribution in [0.3, 0.4) is 0 Å². The Morgan fingerprint density at radius 2 is 2.29 bits per heavy atom. The van der Waals surface area contributed by atoms with Crippen molar-refractivity contribution < 1.29 is 9.90 Å². The molecule has 0 saturated carbocycles. The first-order chi connectivity index (χ1) is 7.99. The van der Waals surface area contributed by atoms with E-state index in [9.17, 15) is 9.59 Å². The van der Waals surface area contributed by atoms with Crippen molar-refractivity contribution in [3.05, 3.63) is 27.9 Å². The van der Waals surface area contributed by atoms with E-state index in [1.807, 2.05) is 6.92 Å². The predicted octanol–water partition coefficient (Wildman–Crippen LogP) is 1.01. The fraction of sp³-hybridized carbons (Fsp3) is 0.583. The van der Waals surface area contributed by atoms with Gasteiger partial charge in [0, 0.05) is 24.2 Å². The topological polar surface area (TPSA) is 72.2 Å². The van der Waals surface area contributed by atoms with Crippen LogP contribution in [0.15, 0.2) is 11.0 Å². The number of aromatic nitrogens is 2. The molecule has 0 aromatic carbocycles. The Bertz CT molecular complexity index is 507. The lowest BCUT2D eigenvalue weighted by Crippen LogP contribution is -2.35. The second-order valence-electron chi connectivity index (χ2n) is 4.84. The SMILES string of the molecule is CC1Cc2ncc(CC(=O)O)c(=O)n2C(C)C1. The molecule has 0 aliphatic carbocycles. The maximum absolute atomic E-state index is 12.1. The van der Waals surface area contributed by atoms with Gasteiger partial charge in [-0.25, -0.2) is 4.98 Å². The summed E-state index contributed by atoms with van der Waals surface area (Å²) in [6.07, 6.45) is 2.87. The fourth-order valence-electron chi connectivity index (χ4n) is 2.51. The molecule has 1 aromatic rings. The Labute approximate surface area is 99.1 Å². The molecule has 17 heavy (non-hydrogen) atoms. The van der Waals surface area contributed by atoms with Crippen molar-refractivity contribution in [1.82, 2.24) is 9.55 Å². The summed E-state index contributed by atoms with van der Waals surface area (Å²) >= 11 is 0. The van der Waals surface area contributed by atoms with Crippen LogP contribution in [0.5, 0.6) is 0 Å². The number of aliphatic carboxylic acids is 1. The van der Waals surface area contributed by atoms with E-state index in [1.165, 1.54) is 6.20 Å². The van der Waals surface area contributed by atoms with E-state index >= 15 is 0 Å². The largest absolute Gasteiger partial charge is 0.481 e. The van der Waals surface area contributed by atoms with Gasteiger partial charge in [-0.1, -0.05) is 6.92 Å². The standard InChI is InChI=1S/C12H16N2O3/c1-7-3-8(2)14-10(4-7)13-6-9(12(14)17)5-11(15)16/h6-8H,3-5H2,1-2H3,(H,15,16). The smallest absolute Gasteiger partial charge is 0.308 e. The lowest BCUT2D eigenvalue weighted by Gasteiger charge is -2.28. The van der Waals surface area contributed by atoms with Gasteiger partial charge in [0.1, 0.15) is 5.82 Å². The van der Waals surface area contributed by atoms with Gasteiger partial charge in [0.05, 0.1) is 6.42 Å². The monoisotopic (exact) mass is 236 g/mol. The maximum Gasteiger partial charge on any atom is 0.308 e. The molecule has 5 nitrogen and oxygen atoms in total. The molecule has 1 N–H and O–H groups in total. The lowest BCUT2D eigenvalue weighted by atomic mass is 9.94. The molecule has 92 valence electrons. The van der Waals surface area contributed by atoms with Crippen LogP contribution in [0.25, 0.3) is 0 Å². The molecular weight excluding hydrogens is 220 g/mol. The van der Waals surface area contributed by atoms with E-state index in [0.29, 0.717) is 5.92 Å². The van der Waals surface area contributed by atoms with Gasteiger partial charge >= 0.3 is 5.97 Å². The molecule has 2 heterocycles. The van der Waals surface area contributed by atoms with Gasteiger partial charge in [-0.2, -0.15) is 0 Å². The summed E-state index contributed by atoms with van der Waals surface area (Å²) in [6.45, 7) is 4.12. The summed E-state index contributed by atoms with van der Waals surface area (Å²) in [5.74, 6) is 0.291. The van der Waals surface area contributed by atoms with Crippen LogP contribution in [0.1, 0.15) is 37.7 Å². The Balaban J connectivity index is 2.48. The molecule has 5 heteroatoms. The van der Waals surface area contributed by atoms with Gasteiger partial charge in [-0.05, 0) is 19.3 Å². The highest BCUT2D eigenvalue weighted by Crippen LogP contribution is 2.25. The molecule has 1 aliphatic heterocycles. The number of nitrogens with zero attached hydrogens (tertiary/aromatic N) is 2.